The minimum atomic E-state index is -0.721. The number of thioether (sulfide) groups is 1. The Kier molecular flexibility index (Phi) is 4.99. The van der Waals surface area contributed by atoms with E-state index in [-0.39, 0.29) is 16.7 Å². The molecule has 29 heavy (non-hydrogen) atoms. The third-order valence-electron chi connectivity index (χ3n) is 5.34. The van der Waals surface area contributed by atoms with E-state index in [1.165, 1.54) is 23.7 Å². The van der Waals surface area contributed by atoms with Gasteiger partial charge in [-0.05, 0) is 18.1 Å². The van der Waals surface area contributed by atoms with Crippen molar-refractivity contribution in [3.8, 4) is 0 Å². The third-order valence-corrected chi connectivity index (χ3v) is 6.35. The molecule has 0 saturated carbocycles. The summed E-state index contributed by atoms with van der Waals surface area (Å²) in [5.41, 5.74) is 1.21. The molecule has 1 aromatic carbocycles. The van der Waals surface area contributed by atoms with Gasteiger partial charge in [0, 0.05) is 12.8 Å². The quantitative estimate of drug-likeness (QED) is 0.737. The van der Waals surface area contributed by atoms with Gasteiger partial charge in [0.05, 0.1) is 13.1 Å². The highest BCUT2D eigenvalue weighted by atomic mass is 32.2. The Morgan fingerprint density at radius 2 is 1.90 bits per heavy atom. The molecule has 3 heterocycles. The Bertz CT molecular complexity index is 972. The molecule has 4 amide bonds. The van der Waals surface area contributed by atoms with Crippen LogP contribution in [0.4, 0.5) is 4.79 Å². The molecule has 2 unspecified atom stereocenters. The summed E-state index contributed by atoms with van der Waals surface area (Å²) in [6.07, 6.45) is 2.17. The van der Waals surface area contributed by atoms with Crippen molar-refractivity contribution in [3.63, 3.8) is 0 Å². The van der Waals surface area contributed by atoms with E-state index < -0.39 is 23.9 Å². The van der Waals surface area contributed by atoms with Crippen LogP contribution in [0, 0.1) is 5.92 Å². The van der Waals surface area contributed by atoms with Gasteiger partial charge in [0.15, 0.2) is 11.6 Å². The smallest absolute Gasteiger partial charge is 0.338 e. The van der Waals surface area contributed by atoms with Gasteiger partial charge in [0.1, 0.15) is 6.54 Å². The summed E-state index contributed by atoms with van der Waals surface area (Å²) < 4.78 is 1.70. The molecule has 0 bridgehead atoms. The second kappa shape index (κ2) is 7.47. The standard InChI is InChI=1S/C20H20N4O4S/c1-22-17-13(18(26)23(2)20(22)28)10-15(16(25)21-14-8-9-29-19(14)27)24(17)11-12-6-4-3-5-7-12/h3-7,10,13-14H,8-9,11H2,1-2H3/p+1. The molecule has 0 radical (unpaired) electrons. The Labute approximate surface area is 172 Å². The minimum absolute atomic E-state index is 0.0558. The van der Waals surface area contributed by atoms with Gasteiger partial charge in [-0.25, -0.2) is 14.3 Å². The summed E-state index contributed by atoms with van der Waals surface area (Å²) >= 11 is 1.21. The van der Waals surface area contributed by atoms with Gasteiger partial charge in [-0.3, -0.25) is 14.4 Å². The van der Waals surface area contributed by atoms with Crippen molar-refractivity contribution in [2.24, 2.45) is 5.92 Å². The first-order valence-electron chi connectivity index (χ1n) is 9.31. The van der Waals surface area contributed by atoms with Crippen LogP contribution in [0.2, 0.25) is 0 Å². The predicted octanol–water partition coefficient (Wildman–Crippen LogP) is 0.783. The molecule has 1 aromatic rings. The zero-order chi connectivity index (χ0) is 20.7. The number of urea groups is 1. The van der Waals surface area contributed by atoms with Gasteiger partial charge in [0.2, 0.25) is 5.12 Å². The maximum absolute atomic E-state index is 13.0. The number of hydrogen-bond donors (Lipinski definition) is 1. The molecule has 4 rings (SSSR count). The van der Waals surface area contributed by atoms with Crippen molar-refractivity contribution in [2.75, 3.05) is 19.8 Å². The minimum Gasteiger partial charge on any atom is -0.338 e. The van der Waals surface area contributed by atoms with E-state index in [0.29, 0.717) is 24.6 Å². The number of rotatable bonds is 4. The number of amidine groups is 1. The van der Waals surface area contributed by atoms with Crippen molar-refractivity contribution in [1.82, 2.24) is 15.1 Å². The number of amides is 4. The van der Waals surface area contributed by atoms with Crippen LogP contribution >= 0.6 is 11.8 Å². The second-order valence-electron chi connectivity index (χ2n) is 7.18. The average Bonchev–Trinajstić information content (AvgIpc) is 3.29. The second-order valence-corrected chi connectivity index (χ2v) is 8.28. The lowest BCUT2D eigenvalue weighted by Gasteiger charge is -2.27. The molecule has 3 aliphatic rings. The molecular formula is C20H21N4O4S+. The van der Waals surface area contributed by atoms with E-state index in [4.69, 9.17) is 0 Å². The molecular weight excluding hydrogens is 392 g/mol. The number of carbonyl (C=O) groups is 4. The number of nitrogens with one attached hydrogen (secondary N) is 1. The van der Waals surface area contributed by atoms with Gasteiger partial charge in [-0.1, -0.05) is 42.1 Å². The van der Waals surface area contributed by atoms with E-state index in [9.17, 15) is 19.2 Å². The van der Waals surface area contributed by atoms with Gasteiger partial charge in [0.25, 0.3) is 17.6 Å². The number of nitrogens with zero attached hydrogens (tertiary/aromatic N) is 3. The van der Waals surface area contributed by atoms with Crippen LogP contribution in [-0.4, -0.2) is 69.1 Å². The van der Waals surface area contributed by atoms with E-state index in [1.54, 1.807) is 17.7 Å². The lowest BCUT2D eigenvalue weighted by atomic mass is 10.0. The summed E-state index contributed by atoms with van der Waals surface area (Å²) in [6, 6.07) is 8.53. The fraction of sp³-hybridized carbons (Fsp3) is 0.350. The zero-order valence-electron chi connectivity index (χ0n) is 16.1. The van der Waals surface area contributed by atoms with Crippen LogP contribution in [0.3, 0.4) is 0 Å². The molecule has 0 aliphatic carbocycles. The van der Waals surface area contributed by atoms with Crippen molar-refractivity contribution < 1.29 is 23.8 Å². The lowest BCUT2D eigenvalue weighted by molar-refractivity contribution is -0.490. The van der Waals surface area contributed by atoms with Crippen LogP contribution in [0.1, 0.15) is 12.0 Å². The fourth-order valence-corrected chi connectivity index (χ4v) is 4.73. The summed E-state index contributed by atoms with van der Waals surface area (Å²) in [5.74, 6) is -0.381. The van der Waals surface area contributed by atoms with Gasteiger partial charge in [-0.15, -0.1) is 0 Å². The van der Waals surface area contributed by atoms with Crippen molar-refractivity contribution in [1.29, 1.82) is 0 Å². The van der Waals surface area contributed by atoms with Crippen LogP contribution in [0.5, 0.6) is 0 Å². The first-order chi connectivity index (χ1) is 13.9. The Morgan fingerprint density at radius 1 is 1.17 bits per heavy atom. The first-order valence-corrected chi connectivity index (χ1v) is 10.3. The molecule has 0 spiro atoms. The van der Waals surface area contributed by atoms with Crippen LogP contribution in [-0.2, 0) is 20.9 Å². The number of fused-ring (bicyclic) bond motifs is 1. The molecule has 9 heteroatoms. The highest BCUT2D eigenvalue weighted by Crippen LogP contribution is 2.28. The van der Waals surface area contributed by atoms with Crippen LogP contribution < -0.4 is 5.32 Å². The summed E-state index contributed by atoms with van der Waals surface area (Å²) in [4.78, 5) is 52.7. The third kappa shape index (κ3) is 3.35. The molecule has 8 nitrogen and oxygen atoms in total. The van der Waals surface area contributed by atoms with Crippen LogP contribution in [0.15, 0.2) is 42.1 Å². The van der Waals surface area contributed by atoms with E-state index >= 15 is 0 Å². The molecule has 0 aromatic heterocycles. The summed E-state index contributed by atoms with van der Waals surface area (Å²) in [5, 5.41) is 2.73. The van der Waals surface area contributed by atoms with Crippen molar-refractivity contribution in [3.05, 3.63) is 47.7 Å². The Morgan fingerprint density at radius 3 is 2.55 bits per heavy atom. The first kappa shape index (κ1) is 19.4. The molecule has 3 aliphatic heterocycles. The molecule has 150 valence electrons. The van der Waals surface area contributed by atoms with Crippen LogP contribution in [0.25, 0.3) is 0 Å². The summed E-state index contributed by atoms with van der Waals surface area (Å²) in [6.45, 7) is 0.327. The highest BCUT2D eigenvalue weighted by Gasteiger charge is 2.52. The van der Waals surface area contributed by atoms with Crippen molar-refractivity contribution in [2.45, 2.75) is 19.0 Å². The van der Waals surface area contributed by atoms with Crippen molar-refractivity contribution >= 4 is 40.6 Å². The normalized spacial score (nSPS) is 24.2. The van der Waals surface area contributed by atoms with Gasteiger partial charge < -0.3 is 5.32 Å². The number of benzene rings is 1. The number of hydrogen-bond acceptors (Lipinski definition) is 5. The van der Waals surface area contributed by atoms with E-state index in [2.05, 4.69) is 5.32 Å². The highest BCUT2D eigenvalue weighted by molar-refractivity contribution is 8.14. The fourth-order valence-electron chi connectivity index (χ4n) is 3.80. The molecule has 2 fully saturated rings. The Hall–Kier alpha value is -2.94. The number of carbonyl (C=O) groups excluding carboxylic acids is 4. The Balaban J connectivity index is 1.73. The SMILES string of the molecule is CN1C(=O)C2C=C(C(=O)NC3CCSC3=O)[N+](Cc3ccccc3)=C2N(C)C1=O. The lowest BCUT2D eigenvalue weighted by Crippen LogP contribution is -2.57. The maximum Gasteiger partial charge on any atom is 0.417 e. The number of imide groups is 1. The predicted molar refractivity (Wildman–Crippen MR) is 107 cm³/mol. The van der Waals surface area contributed by atoms with Gasteiger partial charge >= 0.3 is 6.03 Å². The topological polar surface area (TPSA) is 89.8 Å². The monoisotopic (exact) mass is 413 g/mol. The van der Waals surface area contributed by atoms with E-state index in [1.807, 2.05) is 30.3 Å². The largest absolute Gasteiger partial charge is 0.417 e. The maximum atomic E-state index is 13.0. The summed E-state index contributed by atoms with van der Waals surface area (Å²) in [7, 11) is 3.03. The molecule has 2 saturated heterocycles. The van der Waals surface area contributed by atoms with Gasteiger partial charge in [-0.2, -0.15) is 4.90 Å². The molecule has 1 N–H and O–H groups in total. The van der Waals surface area contributed by atoms with E-state index in [0.717, 1.165) is 10.5 Å². The molecule has 2 atom stereocenters. The zero-order valence-corrected chi connectivity index (χ0v) is 16.9. The average molecular weight is 413 g/mol.